The molecule has 0 N–H and O–H groups in total. The van der Waals surface area contributed by atoms with Crippen LogP contribution in [-0.2, 0) is 14.0 Å². The van der Waals surface area contributed by atoms with Crippen LogP contribution in [0.15, 0.2) is 0 Å². The van der Waals surface area contributed by atoms with Gasteiger partial charge < -0.3 is 9.16 Å². The Morgan fingerprint density at radius 1 is 0.861 bits per heavy atom. The highest BCUT2D eigenvalue weighted by Gasteiger charge is 2.64. The number of carbonyl (C=O) groups is 1. The Bertz CT molecular complexity index is 633. The Kier molecular flexibility index (Phi) is 14.0. The number of unbranched alkanes of at least 4 members (excludes halogenated alkanes) is 8. The predicted octanol–water partition coefficient (Wildman–Crippen LogP) is 10.5. The fraction of sp³-hybridized carbons (Fsp3) is 0.968. The molecule has 0 bridgehead atoms. The number of hydrogen-bond acceptors (Lipinski definition) is 3. The van der Waals surface area contributed by atoms with E-state index in [9.17, 15) is 4.79 Å². The number of rotatable bonds is 19. The van der Waals surface area contributed by atoms with Crippen LogP contribution in [0.2, 0.25) is 42.8 Å². The number of esters is 1. The highest BCUT2D eigenvalue weighted by Crippen LogP contribution is 2.57. The first kappa shape index (κ1) is 33.9. The van der Waals surface area contributed by atoms with Gasteiger partial charge in [-0.3, -0.25) is 4.79 Å². The van der Waals surface area contributed by atoms with Crippen molar-refractivity contribution >= 4 is 22.4 Å². The Morgan fingerprint density at radius 3 is 1.89 bits per heavy atom. The summed E-state index contributed by atoms with van der Waals surface area (Å²) in [6.07, 6.45) is 17.4. The van der Waals surface area contributed by atoms with Gasteiger partial charge in [-0.2, -0.15) is 0 Å². The molecule has 3 atom stereocenters. The van der Waals surface area contributed by atoms with Crippen molar-refractivity contribution in [3.63, 3.8) is 0 Å². The van der Waals surface area contributed by atoms with Gasteiger partial charge in [-0.05, 0) is 36.9 Å². The normalized spacial score (nSPS) is 22.0. The molecule has 0 unspecified atom stereocenters. The average molecular weight is 541 g/mol. The molecule has 0 amide bonds. The first-order valence-electron chi connectivity index (χ1n) is 15.5. The van der Waals surface area contributed by atoms with Gasteiger partial charge in [-0.15, -0.1) is 0 Å². The minimum absolute atomic E-state index is 0.0445. The molecule has 214 valence electrons. The molecule has 5 heteroatoms. The average Bonchev–Trinajstić information content (AvgIpc) is 2.72. The standard InChI is InChI=1S/C31H64O3Si2/c1-12-13-14-16-20-23-27(34-36(10,11)30(4,5)6)25-28-31(29(32)33-28,35(7,8)9)24-21-18-15-17-19-22-26(2)3/h26-28H,12-25H2,1-11H3/t27-,28+,31-/m1/s1. The smallest absolute Gasteiger partial charge is 0.313 e. The topological polar surface area (TPSA) is 35.5 Å². The van der Waals surface area contributed by atoms with E-state index in [0.29, 0.717) is 0 Å². The summed E-state index contributed by atoms with van der Waals surface area (Å²) in [6.45, 7) is 25.8. The Labute approximate surface area is 228 Å². The largest absolute Gasteiger partial charge is 0.461 e. The van der Waals surface area contributed by atoms with Crippen LogP contribution in [0.5, 0.6) is 0 Å². The summed E-state index contributed by atoms with van der Waals surface area (Å²) in [7, 11) is -3.66. The lowest BCUT2D eigenvalue weighted by molar-refractivity contribution is -0.186. The van der Waals surface area contributed by atoms with Gasteiger partial charge in [-0.1, -0.05) is 132 Å². The van der Waals surface area contributed by atoms with E-state index in [1.165, 1.54) is 64.2 Å². The van der Waals surface area contributed by atoms with Gasteiger partial charge in [0.2, 0.25) is 0 Å². The van der Waals surface area contributed by atoms with E-state index in [4.69, 9.17) is 9.16 Å². The minimum atomic E-state index is -1.89. The zero-order chi connectivity index (χ0) is 27.6. The zero-order valence-electron chi connectivity index (χ0n) is 26.4. The van der Waals surface area contributed by atoms with Gasteiger partial charge in [-0.25, -0.2) is 0 Å². The molecule has 1 aliphatic rings. The van der Waals surface area contributed by atoms with E-state index >= 15 is 0 Å². The second-order valence-electron chi connectivity index (χ2n) is 14.8. The molecule has 0 radical (unpaired) electrons. The van der Waals surface area contributed by atoms with Crippen molar-refractivity contribution < 1.29 is 14.0 Å². The second kappa shape index (κ2) is 14.9. The monoisotopic (exact) mass is 540 g/mol. The summed E-state index contributed by atoms with van der Waals surface area (Å²) in [5.74, 6) is 0.902. The van der Waals surface area contributed by atoms with Crippen molar-refractivity contribution in [1.29, 1.82) is 0 Å². The quantitative estimate of drug-likeness (QED) is 0.0928. The number of carbonyl (C=O) groups excluding carboxylic acids is 1. The molecule has 0 aromatic heterocycles. The number of hydrogen-bond donors (Lipinski definition) is 0. The van der Waals surface area contributed by atoms with E-state index in [2.05, 4.69) is 74.3 Å². The molecule has 0 aliphatic carbocycles. The van der Waals surface area contributed by atoms with Crippen molar-refractivity contribution in [1.82, 2.24) is 0 Å². The summed E-state index contributed by atoms with van der Waals surface area (Å²) < 4.78 is 13.0. The fourth-order valence-electron chi connectivity index (χ4n) is 5.60. The number of ether oxygens (including phenoxy) is 1. The maximum atomic E-state index is 13.2. The SMILES string of the molecule is CCCCCCC[C@H](C[C@@H]1OC(=O)[C@]1(CCCCCCCC(C)C)[Si](C)(C)C)O[Si](C)(C)C(C)(C)C. The van der Waals surface area contributed by atoms with Crippen molar-refractivity contribution in [2.24, 2.45) is 5.92 Å². The molecule has 0 saturated carbocycles. The molecule has 3 nitrogen and oxygen atoms in total. The van der Waals surface area contributed by atoms with Gasteiger partial charge >= 0.3 is 5.97 Å². The zero-order valence-corrected chi connectivity index (χ0v) is 28.4. The Balaban J connectivity index is 2.88. The lowest BCUT2D eigenvalue weighted by atomic mass is 9.85. The molecule has 1 fully saturated rings. The summed E-state index contributed by atoms with van der Waals surface area (Å²) in [6, 6.07) is 0. The molecule has 36 heavy (non-hydrogen) atoms. The molecule has 0 aromatic rings. The first-order valence-corrected chi connectivity index (χ1v) is 21.9. The lowest BCUT2D eigenvalue weighted by Gasteiger charge is -2.55. The Morgan fingerprint density at radius 2 is 1.39 bits per heavy atom. The first-order chi connectivity index (χ1) is 16.6. The molecule has 1 aliphatic heterocycles. The maximum absolute atomic E-state index is 13.2. The van der Waals surface area contributed by atoms with Crippen molar-refractivity contribution in [2.75, 3.05) is 0 Å². The molecule has 1 rings (SSSR count). The maximum Gasteiger partial charge on any atom is 0.313 e. The third-order valence-electron chi connectivity index (χ3n) is 9.23. The third kappa shape index (κ3) is 9.87. The van der Waals surface area contributed by atoms with Crippen LogP contribution in [0.3, 0.4) is 0 Å². The van der Waals surface area contributed by atoms with Crippen molar-refractivity contribution in [3.8, 4) is 0 Å². The molecular weight excluding hydrogens is 477 g/mol. The van der Waals surface area contributed by atoms with Gasteiger partial charge in [0.25, 0.3) is 0 Å². The van der Waals surface area contributed by atoms with Crippen LogP contribution in [0, 0.1) is 5.92 Å². The van der Waals surface area contributed by atoms with E-state index < -0.39 is 16.4 Å². The highest BCUT2D eigenvalue weighted by atomic mass is 28.4. The van der Waals surface area contributed by atoms with Gasteiger partial charge in [0.15, 0.2) is 8.32 Å². The van der Waals surface area contributed by atoms with Crippen molar-refractivity contribution in [2.45, 2.75) is 186 Å². The molecular formula is C31H64O3Si2. The van der Waals surface area contributed by atoms with Crippen LogP contribution in [0.25, 0.3) is 0 Å². The molecule has 0 spiro atoms. The van der Waals surface area contributed by atoms with Crippen LogP contribution in [0.1, 0.15) is 131 Å². The summed E-state index contributed by atoms with van der Waals surface area (Å²) in [5, 5.41) is -0.0443. The Hall–Kier alpha value is -0.136. The van der Waals surface area contributed by atoms with Gasteiger partial charge in [0.05, 0.1) is 13.1 Å². The summed E-state index contributed by atoms with van der Waals surface area (Å²) in [5.41, 5.74) is 0. The summed E-state index contributed by atoms with van der Waals surface area (Å²) >= 11 is 0. The lowest BCUT2D eigenvalue weighted by Crippen LogP contribution is -2.63. The van der Waals surface area contributed by atoms with Crippen molar-refractivity contribution in [3.05, 3.63) is 0 Å². The van der Waals surface area contributed by atoms with Crippen LogP contribution >= 0.6 is 0 Å². The van der Waals surface area contributed by atoms with E-state index in [1.54, 1.807) is 0 Å². The van der Waals surface area contributed by atoms with Gasteiger partial charge in [0.1, 0.15) is 6.10 Å². The highest BCUT2D eigenvalue weighted by molar-refractivity contribution is 6.83. The molecule has 1 heterocycles. The van der Waals surface area contributed by atoms with E-state index in [-0.39, 0.29) is 28.3 Å². The fourth-order valence-corrected chi connectivity index (χ4v) is 9.75. The van der Waals surface area contributed by atoms with Crippen LogP contribution in [-0.4, -0.2) is 34.6 Å². The van der Waals surface area contributed by atoms with Gasteiger partial charge in [0, 0.05) is 12.5 Å². The predicted molar refractivity (Wildman–Crippen MR) is 163 cm³/mol. The minimum Gasteiger partial charge on any atom is -0.461 e. The second-order valence-corrected chi connectivity index (χ2v) is 24.9. The molecule has 1 saturated heterocycles. The molecule has 0 aromatic carbocycles. The summed E-state index contributed by atoms with van der Waals surface area (Å²) in [4.78, 5) is 13.2. The third-order valence-corrected chi connectivity index (χ3v) is 17.2. The van der Waals surface area contributed by atoms with Crippen LogP contribution in [0.4, 0.5) is 0 Å². The van der Waals surface area contributed by atoms with E-state index in [0.717, 1.165) is 31.6 Å². The van der Waals surface area contributed by atoms with Crippen LogP contribution < -0.4 is 0 Å². The van der Waals surface area contributed by atoms with E-state index in [1.807, 2.05) is 0 Å². The number of cyclic esters (lactones) is 1.